The monoisotopic (exact) mass is 312 g/mol. The Bertz CT molecular complexity index is 669. The van der Waals surface area contributed by atoms with Gasteiger partial charge in [0.05, 0.1) is 24.8 Å². The normalized spacial score (nSPS) is 16.7. The number of nitrogens with zero attached hydrogens (tertiary/aromatic N) is 3. The van der Waals surface area contributed by atoms with E-state index in [0.717, 1.165) is 43.6 Å². The first-order chi connectivity index (χ1) is 11.3. The lowest BCUT2D eigenvalue weighted by Gasteiger charge is -2.33. The molecular weight excluding hydrogens is 292 g/mol. The lowest BCUT2D eigenvalue weighted by atomic mass is 10.1. The number of morpholine rings is 1. The summed E-state index contributed by atoms with van der Waals surface area (Å²) in [7, 11) is 0. The zero-order valence-electron chi connectivity index (χ0n) is 13.2. The van der Waals surface area contributed by atoms with Crippen molar-refractivity contribution in [2.75, 3.05) is 38.2 Å². The Kier molecular flexibility index (Phi) is 4.91. The van der Waals surface area contributed by atoms with Crippen molar-refractivity contribution in [3.63, 3.8) is 0 Å². The van der Waals surface area contributed by atoms with E-state index in [9.17, 15) is 0 Å². The van der Waals surface area contributed by atoms with E-state index >= 15 is 0 Å². The summed E-state index contributed by atoms with van der Waals surface area (Å²) >= 11 is 0. The summed E-state index contributed by atoms with van der Waals surface area (Å²) in [5.74, 6) is 2.62. The largest absolute Gasteiger partial charge is 0.465 e. The predicted molar refractivity (Wildman–Crippen MR) is 86.0 cm³/mol. The molecule has 0 spiro atoms. The van der Waals surface area contributed by atoms with Crippen LogP contribution in [0.1, 0.15) is 23.1 Å². The molecule has 0 aliphatic carbocycles. The molecule has 23 heavy (non-hydrogen) atoms. The fourth-order valence-corrected chi connectivity index (χ4v) is 2.70. The quantitative estimate of drug-likeness (QED) is 0.913. The highest BCUT2D eigenvalue weighted by Gasteiger charge is 2.25. The predicted octanol–water partition coefficient (Wildman–Crippen LogP) is 2.34. The van der Waals surface area contributed by atoms with Gasteiger partial charge in [-0.15, -0.1) is 0 Å². The minimum absolute atomic E-state index is 0.130. The standard InChI is InChI=1S/C17H20N4O2/c1-13-2-4-16(23-13)15(21-6-8-22-9-7-21)12-20-17-5-3-14(10-18)11-19-17/h2-5,11,15H,6-9,12H2,1H3,(H,19,20). The van der Waals surface area contributed by atoms with Gasteiger partial charge in [0, 0.05) is 25.8 Å². The fraction of sp³-hybridized carbons (Fsp3) is 0.412. The van der Waals surface area contributed by atoms with Crippen LogP contribution in [-0.2, 0) is 4.74 Å². The SMILES string of the molecule is Cc1ccc(C(CNc2ccc(C#N)cn2)N2CCOCC2)o1. The minimum Gasteiger partial charge on any atom is -0.465 e. The molecule has 6 heteroatoms. The first-order valence-corrected chi connectivity index (χ1v) is 7.74. The van der Waals surface area contributed by atoms with Gasteiger partial charge in [-0.1, -0.05) is 0 Å². The van der Waals surface area contributed by atoms with Gasteiger partial charge in [-0.2, -0.15) is 5.26 Å². The molecule has 0 aromatic carbocycles. The van der Waals surface area contributed by atoms with Crippen LogP contribution >= 0.6 is 0 Å². The van der Waals surface area contributed by atoms with E-state index in [1.54, 1.807) is 12.3 Å². The van der Waals surface area contributed by atoms with E-state index in [4.69, 9.17) is 14.4 Å². The maximum atomic E-state index is 8.83. The minimum atomic E-state index is 0.130. The van der Waals surface area contributed by atoms with Crippen LogP contribution in [0.5, 0.6) is 0 Å². The number of nitrogens with one attached hydrogen (secondary N) is 1. The molecule has 1 aliphatic heterocycles. The maximum absolute atomic E-state index is 8.83. The van der Waals surface area contributed by atoms with Crippen LogP contribution in [-0.4, -0.2) is 42.7 Å². The Balaban J connectivity index is 1.71. The lowest BCUT2D eigenvalue weighted by molar-refractivity contribution is 0.0143. The number of rotatable bonds is 5. The molecule has 2 aromatic heterocycles. The Morgan fingerprint density at radius 3 is 2.74 bits per heavy atom. The molecule has 0 amide bonds. The van der Waals surface area contributed by atoms with Crippen LogP contribution in [0.25, 0.3) is 0 Å². The Morgan fingerprint density at radius 1 is 1.30 bits per heavy atom. The van der Waals surface area contributed by atoms with Gasteiger partial charge in [-0.3, -0.25) is 4.90 Å². The first kappa shape index (κ1) is 15.5. The van der Waals surface area contributed by atoms with Gasteiger partial charge in [0.15, 0.2) is 0 Å². The summed E-state index contributed by atoms with van der Waals surface area (Å²) < 4.78 is 11.3. The van der Waals surface area contributed by atoms with Crippen LogP contribution in [0.3, 0.4) is 0 Å². The number of aryl methyl sites for hydroxylation is 1. The number of pyridine rings is 1. The van der Waals surface area contributed by atoms with Gasteiger partial charge in [0.1, 0.15) is 23.4 Å². The van der Waals surface area contributed by atoms with Crippen molar-refractivity contribution in [3.8, 4) is 6.07 Å². The van der Waals surface area contributed by atoms with Crippen molar-refractivity contribution in [1.29, 1.82) is 5.26 Å². The van der Waals surface area contributed by atoms with Gasteiger partial charge >= 0.3 is 0 Å². The number of aromatic nitrogens is 1. The average Bonchev–Trinajstić information content (AvgIpc) is 3.03. The van der Waals surface area contributed by atoms with Gasteiger partial charge in [-0.25, -0.2) is 4.98 Å². The summed E-state index contributed by atoms with van der Waals surface area (Å²) in [6, 6.07) is 9.80. The molecule has 1 aliphatic rings. The summed E-state index contributed by atoms with van der Waals surface area (Å²) in [5.41, 5.74) is 0.557. The van der Waals surface area contributed by atoms with E-state index in [2.05, 4.69) is 21.3 Å². The molecule has 3 heterocycles. The summed E-state index contributed by atoms with van der Waals surface area (Å²) in [6.45, 7) is 5.89. The van der Waals surface area contributed by atoms with E-state index in [0.29, 0.717) is 12.1 Å². The molecule has 0 saturated carbocycles. The van der Waals surface area contributed by atoms with Crippen molar-refractivity contribution in [1.82, 2.24) is 9.88 Å². The number of ether oxygens (including phenoxy) is 1. The zero-order chi connectivity index (χ0) is 16.1. The highest BCUT2D eigenvalue weighted by atomic mass is 16.5. The molecule has 1 saturated heterocycles. The van der Waals surface area contributed by atoms with Crippen molar-refractivity contribution >= 4 is 5.82 Å². The Hall–Kier alpha value is -2.36. The van der Waals surface area contributed by atoms with Crippen LogP contribution in [0, 0.1) is 18.3 Å². The van der Waals surface area contributed by atoms with E-state index in [1.165, 1.54) is 0 Å². The molecule has 0 radical (unpaired) electrons. The number of hydrogen-bond acceptors (Lipinski definition) is 6. The van der Waals surface area contributed by atoms with Crippen molar-refractivity contribution < 1.29 is 9.15 Å². The molecule has 3 rings (SSSR count). The Morgan fingerprint density at radius 2 is 2.13 bits per heavy atom. The molecular formula is C17H20N4O2. The smallest absolute Gasteiger partial charge is 0.126 e. The van der Waals surface area contributed by atoms with Gasteiger partial charge in [0.25, 0.3) is 0 Å². The van der Waals surface area contributed by atoms with Crippen molar-refractivity contribution in [2.24, 2.45) is 0 Å². The van der Waals surface area contributed by atoms with Crippen molar-refractivity contribution in [2.45, 2.75) is 13.0 Å². The van der Waals surface area contributed by atoms with E-state index in [1.807, 2.05) is 25.1 Å². The summed E-state index contributed by atoms with van der Waals surface area (Å²) in [4.78, 5) is 6.62. The van der Waals surface area contributed by atoms with Crippen LogP contribution in [0.15, 0.2) is 34.9 Å². The van der Waals surface area contributed by atoms with Gasteiger partial charge in [0.2, 0.25) is 0 Å². The third-order valence-corrected chi connectivity index (χ3v) is 3.95. The number of furan rings is 1. The molecule has 1 fully saturated rings. The molecule has 2 aromatic rings. The number of hydrogen-bond donors (Lipinski definition) is 1. The summed E-state index contributed by atoms with van der Waals surface area (Å²) in [5, 5.41) is 12.2. The highest BCUT2D eigenvalue weighted by Crippen LogP contribution is 2.24. The van der Waals surface area contributed by atoms with Crippen LogP contribution in [0.4, 0.5) is 5.82 Å². The molecule has 6 nitrogen and oxygen atoms in total. The maximum Gasteiger partial charge on any atom is 0.126 e. The second-order valence-corrected chi connectivity index (χ2v) is 5.54. The second-order valence-electron chi connectivity index (χ2n) is 5.54. The fourth-order valence-electron chi connectivity index (χ4n) is 2.70. The third-order valence-electron chi connectivity index (χ3n) is 3.95. The van der Waals surface area contributed by atoms with Gasteiger partial charge in [-0.05, 0) is 31.2 Å². The molecule has 1 unspecified atom stereocenters. The van der Waals surface area contributed by atoms with E-state index < -0.39 is 0 Å². The molecule has 1 N–H and O–H groups in total. The van der Waals surface area contributed by atoms with Crippen LogP contribution < -0.4 is 5.32 Å². The number of nitriles is 1. The molecule has 0 bridgehead atoms. The second kappa shape index (κ2) is 7.27. The van der Waals surface area contributed by atoms with Crippen molar-refractivity contribution in [3.05, 3.63) is 47.5 Å². The summed E-state index contributed by atoms with van der Waals surface area (Å²) in [6.07, 6.45) is 1.57. The third kappa shape index (κ3) is 3.89. The average molecular weight is 312 g/mol. The highest BCUT2D eigenvalue weighted by molar-refractivity contribution is 5.39. The zero-order valence-corrected chi connectivity index (χ0v) is 13.2. The molecule has 120 valence electrons. The number of anilines is 1. The molecule has 1 atom stereocenters. The van der Waals surface area contributed by atoms with E-state index in [-0.39, 0.29) is 6.04 Å². The lowest BCUT2D eigenvalue weighted by Crippen LogP contribution is -2.41. The van der Waals surface area contributed by atoms with Crippen LogP contribution in [0.2, 0.25) is 0 Å². The Labute approximate surface area is 135 Å². The topological polar surface area (TPSA) is 74.3 Å². The first-order valence-electron chi connectivity index (χ1n) is 7.74. The van der Waals surface area contributed by atoms with Gasteiger partial charge < -0.3 is 14.5 Å².